The molecule has 2 nitrogen and oxygen atoms in total. The second kappa shape index (κ2) is 6.45. The Kier molecular flexibility index (Phi) is 4.87. The normalized spacial score (nSPS) is 11.7. The van der Waals surface area contributed by atoms with Crippen LogP contribution in [0.1, 0.15) is 44.0 Å². The second-order valence-electron chi connectivity index (χ2n) is 6.18. The molecule has 0 spiro atoms. The molecular formula is C18H28N2. The van der Waals surface area contributed by atoms with E-state index in [1.807, 2.05) is 0 Å². The van der Waals surface area contributed by atoms with E-state index < -0.39 is 0 Å². The molecule has 2 aromatic rings. The Morgan fingerprint density at radius 3 is 2.60 bits per heavy atom. The first-order chi connectivity index (χ1) is 9.54. The van der Waals surface area contributed by atoms with E-state index in [1.165, 1.54) is 34.1 Å². The summed E-state index contributed by atoms with van der Waals surface area (Å²) in [6.45, 7) is 14.3. The van der Waals surface area contributed by atoms with Gasteiger partial charge in [0.15, 0.2) is 0 Å². The van der Waals surface area contributed by atoms with Gasteiger partial charge in [-0.2, -0.15) is 0 Å². The Labute approximate surface area is 123 Å². The van der Waals surface area contributed by atoms with Gasteiger partial charge in [-0.25, -0.2) is 0 Å². The summed E-state index contributed by atoms with van der Waals surface area (Å²) in [5, 5.41) is 4.82. The van der Waals surface area contributed by atoms with E-state index in [0.29, 0.717) is 0 Å². The Morgan fingerprint density at radius 1 is 1.20 bits per heavy atom. The molecule has 2 heteroatoms. The predicted molar refractivity (Wildman–Crippen MR) is 88.2 cm³/mol. The minimum Gasteiger partial charge on any atom is -0.345 e. The minimum atomic E-state index is 0.750. The highest BCUT2D eigenvalue weighted by molar-refractivity contribution is 5.86. The summed E-state index contributed by atoms with van der Waals surface area (Å²) in [7, 11) is 0. The van der Waals surface area contributed by atoms with Gasteiger partial charge in [-0.3, -0.25) is 0 Å². The number of aromatic nitrogens is 1. The molecule has 1 aromatic heterocycles. The predicted octanol–water partition coefficient (Wildman–Crippen LogP) is 4.41. The fourth-order valence-corrected chi connectivity index (χ4v) is 2.75. The number of fused-ring (bicyclic) bond motifs is 1. The molecule has 20 heavy (non-hydrogen) atoms. The van der Waals surface area contributed by atoms with Crippen LogP contribution in [0.15, 0.2) is 18.2 Å². The standard InChI is InChI=1S/C18H28N2/c1-6-19-12-16-7-8-18-17(11-16)14(4)15(5)20(18)10-9-13(2)3/h7-8,11,13,19H,6,9-10,12H2,1-5H3. The molecule has 1 aromatic carbocycles. The van der Waals surface area contributed by atoms with Crippen LogP contribution in [-0.2, 0) is 13.1 Å². The number of aryl methyl sites for hydroxylation is 2. The molecule has 0 fully saturated rings. The van der Waals surface area contributed by atoms with Crippen LogP contribution in [0.4, 0.5) is 0 Å². The maximum absolute atomic E-state index is 3.40. The van der Waals surface area contributed by atoms with Crippen molar-refractivity contribution in [1.82, 2.24) is 9.88 Å². The van der Waals surface area contributed by atoms with E-state index in [2.05, 4.69) is 62.7 Å². The van der Waals surface area contributed by atoms with Gasteiger partial charge in [0.2, 0.25) is 0 Å². The second-order valence-corrected chi connectivity index (χ2v) is 6.18. The van der Waals surface area contributed by atoms with Crippen LogP contribution in [0.5, 0.6) is 0 Å². The van der Waals surface area contributed by atoms with Crippen molar-refractivity contribution in [3.8, 4) is 0 Å². The molecule has 0 unspecified atom stereocenters. The van der Waals surface area contributed by atoms with Crippen molar-refractivity contribution in [2.75, 3.05) is 6.54 Å². The first-order valence-electron chi connectivity index (χ1n) is 7.83. The molecule has 1 heterocycles. The Morgan fingerprint density at radius 2 is 1.95 bits per heavy atom. The van der Waals surface area contributed by atoms with Gasteiger partial charge in [0.05, 0.1) is 0 Å². The van der Waals surface area contributed by atoms with E-state index in [-0.39, 0.29) is 0 Å². The van der Waals surface area contributed by atoms with Crippen LogP contribution in [0.25, 0.3) is 10.9 Å². The average molecular weight is 272 g/mol. The maximum Gasteiger partial charge on any atom is 0.0485 e. The zero-order chi connectivity index (χ0) is 14.7. The zero-order valence-electron chi connectivity index (χ0n) is 13.6. The van der Waals surface area contributed by atoms with E-state index in [0.717, 1.165) is 25.6 Å². The highest BCUT2D eigenvalue weighted by Crippen LogP contribution is 2.27. The molecular weight excluding hydrogens is 244 g/mol. The lowest BCUT2D eigenvalue weighted by Crippen LogP contribution is -2.11. The van der Waals surface area contributed by atoms with Gasteiger partial charge in [0, 0.05) is 29.7 Å². The van der Waals surface area contributed by atoms with Crippen LogP contribution >= 0.6 is 0 Å². The van der Waals surface area contributed by atoms with E-state index in [4.69, 9.17) is 0 Å². The highest BCUT2D eigenvalue weighted by Gasteiger charge is 2.11. The SMILES string of the molecule is CCNCc1ccc2c(c1)c(C)c(C)n2CCC(C)C. The van der Waals surface area contributed by atoms with E-state index >= 15 is 0 Å². The summed E-state index contributed by atoms with van der Waals surface area (Å²) < 4.78 is 2.49. The minimum absolute atomic E-state index is 0.750. The molecule has 0 bridgehead atoms. The number of nitrogens with one attached hydrogen (secondary N) is 1. The number of benzene rings is 1. The van der Waals surface area contributed by atoms with Crippen LogP contribution in [0, 0.1) is 19.8 Å². The molecule has 1 N–H and O–H groups in total. The van der Waals surface area contributed by atoms with Crippen LogP contribution in [0.2, 0.25) is 0 Å². The topological polar surface area (TPSA) is 17.0 Å². The molecule has 0 aliphatic carbocycles. The van der Waals surface area contributed by atoms with Crippen LogP contribution in [0.3, 0.4) is 0 Å². The monoisotopic (exact) mass is 272 g/mol. The molecule has 0 atom stereocenters. The number of rotatable bonds is 6. The zero-order valence-corrected chi connectivity index (χ0v) is 13.6. The van der Waals surface area contributed by atoms with Crippen molar-refractivity contribution in [2.24, 2.45) is 5.92 Å². The van der Waals surface area contributed by atoms with Crippen LogP contribution in [-0.4, -0.2) is 11.1 Å². The summed E-state index contributed by atoms with van der Waals surface area (Å²) in [4.78, 5) is 0. The third kappa shape index (κ3) is 3.06. The molecule has 0 aliphatic rings. The van der Waals surface area contributed by atoms with Crippen molar-refractivity contribution in [2.45, 2.75) is 54.1 Å². The highest BCUT2D eigenvalue weighted by atomic mass is 15.0. The fourth-order valence-electron chi connectivity index (χ4n) is 2.75. The summed E-state index contributed by atoms with van der Waals surface area (Å²) in [5.74, 6) is 0.750. The largest absolute Gasteiger partial charge is 0.345 e. The maximum atomic E-state index is 3.40. The Hall–Kier alpha value is -1.28. The molecule has 110 valence electrons. The number of hydrogen-bond acceptors (Lipinski definition) is 1. The van der Waals surface area contributed by atoms with Crippen molar-refractivity contribution < 1.29 is 0 Å². The van der Waals surface area contributed by atoms with Crippen molar-refractivity contribution in [1.29, 1.82) is 0 Å². The van der Waals surface area contributed by atoms with Crippen molar-refractivity contribution in [3.63, 3.8) is 0 Å². The molecule has 0 aliphatic heterocycles. The number of nitrogens with zero attached hydrogens (tertiary/aromatic N) is 1. The Bertz CT molecular complexity index is 579. The third-order valence-corrected chi connectivity index (χ3v) is 4.21. The molecule has 2 rings (SSSR count). The molecule has 0 amide bonds. The molecule has 0 saturated carbocycles. The molecule has 0 radical (unpaired) electrons. The van der Waals surface area contributed by atoms with Gasteiger partial charge in [0.1, 0.15) is 0 Å². The summed E-state index contributed by atoms with van der Waals surface area (Å²) in [6.07, 6.45) is 1.24. The van der Waals surface area contributed by atoms with E-state index in [1.54, 1.807) is 0 Å². The van der Waals surface area contributed by atoms with Gasteiger partial charge < -0.3 is 9.88 Å². The van der Waals surface area contributed by atoms with Gasteiger partial charge >= 0.3 is 0 Å². The first-order valence-corrected chi connectivity index (χ1v) is 7.83. The summed E-state index contributed by atoms with van der Waals surface area (Å²) in [5.41, 5.74) is 5.62. The lowest BCUT2D eigenvalue weighted by atomic mass is 10.1. The van der Waals surface area contributed by atoms with Crippen molar-refractivity contribution >= 4 is 10.9 Å². The fraction of sp³-hybridized carbons (Fsp3) is 0.556. The third-order valence-electron chi connectivity index (χ3n) is 4.21. The quantitative estimate of drug-likeness (QED) is 0.824. The smallest absolute Gasteiger partial charge is 0.0485 e. The average Bonchev–Trinajstić information content (AvgIpc) is 2.66. The van der Waals surface area contributed by atoms with Crippen LogP contribution < -0.4 is 5.32 Å². The lowest BCUT2D eigenvalue weighted by Gasteiger charge is -2.10. The number of hydrogen-bond donors (Lipinski definition) is 1. The lowest BCUT2D eigenvalue weighted by molar-refractivity contribution is 0.519. The first kappa shape index (κ1) is 15.1. The summed E-state index contributed by atoms with van der Waals surface area (Å²) >= 11 is 0. The van der Waals surface area contributed by atoms with Crippen molar-refractivity contribution in [3.05, 3.63) is 35.0 Å². The Balaban J connectivity index is 2.37. The van der Waals surface area contributed by atoms with Gasteiger partial charge in [-0.1, -0.05) is 26.8 Å². The van der Waals surface area contributed by atoms with Gasteiger partial charge in [-0.15, -0.1) is 0 Å². The molecule has 0 saturated heterocycles. The van der Waals surface area contributed by atoms with E-state index in [9.17, 15) is 0 Å². The van der Waals surface area contributed by atoms with Gasteiger partial charge in [0.25, 0.3) is 0 Å². The van der Waals surface area contributed by atoms with Gasteiger partial charge in [-0.05, 0) is 56.0 Å². The summed E-state index contributed by atoms with van der Waals surface area (Å²) in [6, 6.07) is 6.91.